The minimum absolute atomic E-state index is 0.00303. The van der Waals surface area contributed by atoms with Gasteiger partial charge in [0.15, 0.2) is 0 Å². The largest absolute Gasteiger partial charge is 0.463 e. The van der Waals surface area contributed by atoms with Crippen molar-refractivity contribution in [2.24, 2.45) is 59.2 Å². The Morgan fingerprint density at radius 3 is 0.525 bits per heavy atom. The summed E-state index contributed by atoms with van der Waals surface area (Å²) in [6, 6.07) is 0. The van der Waals surface area contributed by atoms with Crippen molar-refractivity contribution in [3.8, 4) is 0 Å². The first-order chi connectivity index (χ1) is 48.8. The molecule has 0 aliphatic carbocycles. The van der Waals surface area contributed by atoms with Crippen molar-refractivity contribution in [3.05, 3.63) is 0 Å². The highest BCUT2D eigenvalue weighted by molar-refractivity contribution is 5.82. The van der Waals surface area contributed by atoms with Gasteiger partial charge in [0.2, 0.25) is 0 Å². The van der Waals surface area contributed by atoms with Gasteiger partial charge >= 0.3 is 59.7 Å². The van der Waals surface area contributed by atoms with Crippen molar-refractivity contribution < 1.29 is 157 Å². The molecule has 0 fully saturated rings. The van der Waals surface area contributed by atoms with E-state index in [2.05, 4.69) is 0 Å². The minimum Gasteiger partial charge on any atom is -0.463 e. The Morgan fingerprint density at radius 2 is 0.327 bits per heavy atom. The monoisotopic (exact) mass is 1460 g/mol. The molecule has 0 spiro atoms. The number of rotatable bonds is 68. The molecule has 0 aromatic heterocycles. The van der Waals surface area contributed by atoms with E-state index in [1.54, 1.807) is 14.0 Å². The maximum Gasteiger partial charge on any atom is 0.309 e. The van der Waals surface area contributed by atoms with Crippen molar-refractivity contribution in [1.29, 1.82) is 0 Å². The number of esters is 10. The molecule has 0 bridgehead atoms. The van der Waals surface area contributed by atoms with Crippen LogP contribution in [0.3, 0.4) is 0 Å². The summed E-state index contributed by atoms with van der Waals surface area (Å²) in [4.78, 5) is 143. The van der Waals surface area contributed by atoms with E-state index < -0.39 is 157 Å². The highest BCUT2D eigenvalue weighted by atomic mass is 16.6. The van der Waals surface area contributed by atoms with Gasteiger partial charge < -0.3 is 109 Å². The molecule has 0 radical (unpaired) electrons. The summed E-state index contributed by atoms with van der Waals surface area (Å²) in [6.45, 7) is 2.43. The van der Waals surface area contributed by atoms with Gasteiger partial charge in [-0.2, -0.15) is 0 Å². The first-order valence-electron chi connectivity index (χ1n) is 34.1. The summed E-state index contributed by atoms with van der Waals surface area (Å²) in [5.41, 5.74) is 0. The third kappa shape index (κ3) is 46.5. The van der Waals surface area contributed by atoms with Crippen LogP contribution in [0.5, 0.6) is 0 Å². The molecule has 0 amide bonds. The molecule has 0 heterocycles. The molecule has 0 saturated heterocycles. The number of carbonyl (C=O) groups is 10. The Hall–Kier alpha value is -5.82. The molecular formula is C68H118O33. The van der Waals surface area contributed by atoms with Crippen LogP contribution in [0.1, 0.15) is 78.1 Å². The van der Waals surface area contributed by atoms with Gasteiger partial charge in [0.1, 0.15) is 66.1 Å². The van der Waals surface area contributed by atoms with Crippen molar-refractivity contribution in [3.63, 3.8) is 0 Å². The number of hydrogen-bond acceptors (Lipinski definition) is 33. The van der Waals surface area contributed by atoms with E-state index in [-0.39, 0.29) is 171 Å². The molecule has 0 aliphatic heterocycles. The number of methoxy groups -OCH3 is 10. The summed E-state index contributed by atoms with van der Waals surface area (Å²) in [5, 5.41) is 0. The standard InChI is InChI=1S/C68H118O33/c1-13-50(60(70)93-30-15-80-4)41-52(62(72)95-32-17-82-6)43-54(64(74)97-34-19-84-8)45-56(66(76)99-36-21-86-10)47-58(68(78)101-38-23-88-12)48-57(67(77)100-37-22-87-11)46-55(65(75)98-35-20-85-9)44-53(63(73)96-33-18-83-7)42-51(61(71)94-31-16-81-5)40-49(2)59(69)92-39-29-91-28-27-90-26-25-89-24-14-79-3/h49-58H,13-48H2,1-12H3. The van der Waals surface area contributed by atoms with E-state index in [1.165, 1.54) is 70.9 Å². The van der Waals surface area contributed by atoms with Crippen LogP contribution in [0.15, 0.2) is 0 Å². The molecule has 588 valence electrons. The van der Waals surface area contributed by atoms with Gasteiger partial charge in [-0.05, 0) is 64.2 Å². The Bertz CT molecular complexity index is 2200. The molecule has 0 saturated carbocycles. The normalized spacial score (nSPS) is 14.3. The topological polar surface area (TPSA) is 383 Å². The third-order valence-corrected chi connectivity index (χ3v) is 15.5. The third-order valence-electron chi connectivity index (χ3n) is 15.5. The zero-order valence-electron chi connectivity index (χ0n) is 61.7. The summed E-state index contributed by atoms with van der Waals surface area (Å²) < 4.78 is 124. The molecule has 0 aromatic carbocycles. The van der Waals surface area contributed by atoms with E-state index in [4.69, 9.17) is 109 Å². The lowest BCUT2D eigenvalue weighted by molar-refractivity contribution is -0.161. The molecule has 33 heteroatoms. The number of carbonyl (C=O) groups excluding carboxylic acids is 10. The average molecular weight is 1460 g/mol. The minimum atomic E-state index is -1.51. The average Bonchev–Trinajstić information content (AvgIpc) is 0.850. The predicted octanol–water partition coefficient (Wildman–Crippen LogP) is 3.03. The van der Waals surface area contributed by atoms with Crippen LogP contribution < -0.4 is 0 Å². The highest BCUT2D eigenvalue weighted by Crippen LogP contribution is 2.37. The lowest BCUT2D eigenvalue weighted by Gasteiger charge is -2.30. The van der Waals surface area contributed by atoms with Crippen molar-refractivity contribution in [2.45, 2.75) is 78.1 Å². The molecule has 0 aromatic rings. The Morgan fingerprint density at radius 1 is 0.188 bits per heavy atom. The maximum atomic E-state index is 14.8. The fourth-order valence-electron chi connectivity index (χ4n) is 10.1. The molecule has 10 atom stereocenters. The van der Waals surface area contributed by atoms with Gasteiger partial charge in [-0.1, -0.05) is 13.8 Å². The Balaban J connectivity index is 8.18. The highest BCUT2D eigenvalue weighted by Gasteiger charge is 2.43. The van der Waals surface area contributed by atoms with E-state index >= 15 is 0 Å². The van der Waals surface area contributed by atoms with Gasteiger partial charge in [0, 0.05) is 71.1 Å². The van der Waals surface area contributed by atoms with E-state index in [0.29, 0.717) is 26.4 Å². The molecule has 101 heavy (non-hydrogen) atoms. The van der Waals surface area contributed by atoms with Crippen molar-refractivity contribution >= 4 is 59.7 Å². The second-order valence-corrected chi connectivity index (χ2v) is 23.1. The molecule has 0 rings (SSSR count). The van der Waals surface area contributed by atoms with Gasteiger partial charge in [-0.3, -0.25) is 47.9 Å². The molecule has 10 unspecified atom stereocenters. The van der Waals surface area contributed by atoms with E-state index in [1.807, 2.05) is 0 Å². The number of hydrogen-bond donors (Lipinski definition) is 0. The summed E-state index contributed by atoms with van der Waals surface area (Å²) >= 11 is 0. The Kier molecular flexibility index (Phi) is 60.2. The zero-order valence-corrected chi connectivity index (χ0v) is 61.7. The lowest BCUT2D eigenvalue weighted by Crippen LogP contribution is -2.36. The van der Waals surface area contributed by atoms with E-state index in [0.717, 1.165) is 0 Å². The quantitative estimate of drug-likeness (QED) is 0.0480. The van der Waals surface area contributed by atoms with Crippen LogP contribution in [-0.4, -0.2) is 303 Å². The van der Waals surface area contributed by atoms with Crippen molar-refractivity contribution in [2.75, 3.05) is 243 Å². The van der Waals surface area contributed by atoms with Crippen LogP contribution in [-0.2, 0) is 157 Å². The predicted molar refractivity (Wildman–Crippen MR) is 353 cm³/mol. The van der Waals surface area contributed by atoms with Gasteiger partial charge in [0.25, 0.3) is 0 Å². The molecule has 0 N–H and O–H groups in total. The summed E-state index contributed by atoms with van der Waals surface area (Å²) in [7, 11) is 14.0. The lowest BCUT2D eigenvalue weighted by atomic mass is 9.76. The smallest absolute Gasteiger partial charge is 0.309 e. The zero-order chi connectivity index (χ0) is 75.3. The first-order valence-corrected chi connectivity index (χ1v) is 34.1. The van der Waals surface area contributed by atoms with Crippen molar-refractivity contribution in [1.82, 2.24) is 0 Å². The van der Waals surface area contributed by atoms with Gasteiger partial charge in [-0.25, -0.2) is 0 Å². The second kappa shape index (κ2) is 63.8. The second-order valence-electron chi connectivity index (χ2n) is 23.1. The molecule has 33 nitrogen and oxygen atoms in total. The van der Waals surface area contributed by atoms with Crippen LogP contribution in [0.4, 0.5) is 0 Å². The molecular weight excluding hydrogens is 1340 g/mol. The maximum absolute atomic E-state index is 14.8. The fraction of sp³-hybridized carbons (Fsp3) is 0.853. The fourth-order valence-corrected chi connectivity index (χ4v) is 10.1. The summed E-state index contributed by atoms with van der Waals surface area (Å²) in [6.07, 6.45) is -3.61. The van der Waals surface area contributed by atoms with E-state index in [9.17, 15) is 47.9 Å². The SMILES string of the molecule is CCC(CC(CC(CC(CC(CC(CC(CC(CC(CC(C)C(=O)OCCOCCOCCOCCOC)C(=O)OCCOC)C(=O)OCCOC)C(=O)OCCOC)C(=O)OCCOC)C(=O)OCCOC)C(=O)OCCOC)C(=O)OCCOC)C(=O)OCCOC)C(=O)OCCOC. The van der Waals surface area contributed by atoms with Crippen LogP contribution in [0.25, 0.3) is 0 Å². The van der Waals surface area contributed by atoms with Gasteiger partial charge in [-0.15, -0.1) is 0 Å². The van der Waals surface area contributed by atoms with Gasteiger partial charge in [0.05, 0.1) is 165 Å². The summed E-state index contributed by atoms with van der Waals surface area (Å²) in [5.74, 6) is -21.8. The van der Waals surface area contributed by atoms with Crippen LogP contribution in [0, 0.1) is 59.2 Å². The number of ether oxygens (including phenoxy) is 23. The Labute approximate surface area is 594 Å². The first kappa shape index (κ1) is 95.2. The van der Waals surface area contributed by atoms with Crippen LogP contribution in [0.2, 0.25) is 0 Å². The van der Waals surface area contributed by atoms with Crippen LogP contribution >= 0.6 is 0 Å². The molecule has 0 aliphatic rings.